The van der Waals surface area contributed by atoms with Gasteiger partial charge in [-0.05, 0) is 86.4 Å². The molecule has 0 aromatic heterocycles. The number of hydrogen-bond acceptors (Lipinski definition) is 3. The van der Waals surface area contributed by atoms with E-state index in [1.165, 1.54) is 11.6 Å². The third-order valence-corrected chi connectivity index (χ3v) is 5.36. The molecule has 0 spiro atoms. The lowest BCUT2D eigenvalue weighted by Gasteiger charge is -2.31. The maximum Gasteiger partial charge on any atom is 0.160 e. The molecule has 2 aromatic carbocycles. The molecule has 1 aliphatic rings. The van der Waals surface area contributed by atoms with Crippen molar-refractivity contribution in [1.29, 1.82) is 0 Å². The third-order valence-electron chi connectivity index (χ3n) is 5.36. The number of likely N-dealkylation sites (N-methyl/N-ethyl adjacent to an activating group) is 1. The second-order valence-corrected chi connectivity index (χ2v) is 7.09. The van der Waals surface area contributed by atoms with Crippen molar-refractivity contribution in [3.8, 4) is 11.5 Å². The van der Waals surface area contributed by atoms with Gasteiger partial charge in [0.25, 0.3) is 0 Å². The van der Waals surface area contributed by atoms with Crippen LogP contribution in [-0.4, -0.2) is 23.8 Å². The van der Waals surface area contributed by atoms with Crippen LogP contribution in [0, 0.1) is 12.7 Å². The summed E-state index contributed by atoms with van der Waals surface area (Å²) >= 11 is 0. The highest BCUT2D eigenvalue weighted by atomic mass is 19.1. The maximum absolute atomic E-state index is 13.7. The summed E-state index contributed by atoms with van der Waals surface area (Å²) in [6, 6.07) is 8.49. The molecule has 25 heavy (non-hydrogen) atoms. The van der Waals surface area contributed by atoms with Gasteiger partial charge in [-0.3, -0.25) is 0 Å². The van der Waals surface area contributed by atoms with E-state index in [-0.39, 0.29) is 23.2 Å². The molecule has 0 radical (unpaired) electrons. The highest BCUT2D eigenvalue weighted by molar-refractivity contribution is 5.55. The van der Waals surface area contributed by atoms with Gasteiger partial charge in [-0.15, -0.1) is 0 Å². The fourth-order valence-corrected chi connectivity index (χ4v) is 4.29. The van der Waals surface area contributed by atoms with Crippen molar-refractivity contribution in [3.63, 3.8) is 0 Å². The monoisotopic (exact) mass is 343 g/mol. The molecule has 2 unspecified atom stereocenters. The van der Waals surface area contributed by atoms with Crippen molar-refractivity contribution in [2.75, 3.05) is 13.6 Å². The minimum Gasteiger partial charge on any atom is -0.504 e. The largest absolute Gasteiger partial charge is 0.504 e. The molecule has 0 amide bonds. The third kappa shape index (κ3) is 3.64. The van der Waals surface area contributed by atoms with E-state index in [4.69, 9.17) is 0 Å². The summed E-state index contributed by atoms with van der Waals surface area (Å²) < 4.78 is 13.7. The first-order chi connectivity index (χ1) is 12.0. The molecule has 3 nitrogen and oxygen atoms in total. The Morgan fingerprint density at radius 3 is 2.80 bits per heavy atom. The molecule has 2 aromatic rings. The Labute approximate surface area is 148 Å². The van der Waals surface area contributed by atoms with Crippen molar-refractivity contribution in [3.05, 3.63) is 58.4 Å². The number of rotatable bonds is 5. The van der Waals surface area contributed by atoms with Gasteiger partial charge in [0.2, 0.25) is 0 Å². The minimum atomic E-state index is -0.207. The van der Waals surface area contributed by atoms with Gasteiger partial charge in [0, 0.05) is 12.1 Å². The number of fused-ring (bicyclic) bond motifs is 1. The number of phenolic OH excluding ortho intramolecular Hbond substituents is 2. The van der Waals surface area contributed by atoms with Crippen LogP contribution < -0.4 is 5.32 Å². The Bertz CT molecular complexity index is 760. The van der Waals surface area contributed by atoms with E-state index in [1.54, 1.807) is 18.2 Å². The van der Waals surface area contributed by atoms with Crippen LogP contribution in [-0.2, 0) is 6.42 Å². The summed E-state index contributed by atoms with van der Waals surface area (Å²) in [7, 11) is 1.91. The molecule has 0 saturated carbocycles. The Hall–Kier alpha value is -2.07. The number of benzene rings is 2. The second-order valence-electron chi connectivity index (χ2n) is 7.09. The number of aromatic hydroxyl groups is 2. The molecule has 134 valence electrons. The number of nitrogens with one attached hydrogen (secondary N) is 1. The molecule has 1 aliphatic carbocycles. The lowest BCUT2D eigenvalue weighted by molar-refractivity contribution is 0.387. The van der Waals surface area contributed by atoms with Crippen LogP contribution >= 0.6 is 0 Å². The van der Waals surface area contributed by atoms with Crippen molar-refractivity contribution < 1.29 is 14.6 Å². The van der Waals surface area contributed by atoms with Crippen molar-refractivity contribution in [2.24, 2.45) is 0 Å². The quantitative estimate of drug-likeness (QED) is 0.707. The molecule has 2 atom stereocenters. The molecule has 0 heterocycles. The van der Waals surface area contributed by atoms with Gasteiger partial charge in [-0.25, -0.2) is 4.39 Å². The van der Waals surface area contributed by atoms with E-state index in [9.17, 15) is 14.6 Å². The number of phenols is 2. The standard InChI is InChI=1S/C21H26FNO2/c1-13-9-19(24)21(25)18-8-4-6-15(20(13)18)10-16(12-23-2)14-5-3-7-17(22)11-14/h3,5,7,9,11,15-16,23-25H,4,6,8,10,12H2,1-2H3. The van der Waals surface area contributed by atoms with Gasteiger partial charge in [-0.1, -0.05) is 12.1 Å². The summed E-state index contributed by atoms with van der Waals surface area (Å²) in [5.41, 5.74) is 4.08. The Morgan fingerprint density at radius 1 is 1.28 bits per heavy atom. The molecule has 4 heteroatoms. The van der Waals surface area contributed by atoms with Gasteiger partial charge in [0.15, 0.2) is 11.5 Å². The van der Waals surface area contributed by atoms with Crippen LogP contribution in [0.1, 0.15) is 53.4 Å². The van der Waals surface area contributed by atoms with Crippen molar-refractivity contribution in [1.82, 2.24) is 5.32 Å². The van der Waals surface area contributed by atoms with E-state index in [1.807, 2.05) is 20.0 Å². The number of aryl methyl sites for hydroxylation is 1. The fraction of sp³-hybridized carbons (Fsp3) is 0.429. The smallest absolute Gasteiger partial charge is 0.160 e. The first-order valence-corrected chi connectivity index (χ1v) is 8.95. The van der Waals surface area contributed by atoms with E-state index in [0.717, 1.165) is 48.9 Å². The molecule has 0 bridgehead atoms. The van der Waals surface area contributed by atoms with Crippen molar-refractivity contribution >= 4 is 0 Å². The second kappa shape index (κ2) is 7.44. The fourth-order valence-electron chi connectivity index (χ4n) is 4.29. The zero-order valence-electron chi connectivity index (χ0n) is 14.8. The summed E-state index contributed by atoms with van der Waals surface area (Å²) in [5.74, 6) is 0.292. The van der Waals surface area contributed by atoms with Gasteiger partial charge in [0.05, 0.1) is 0 Å². The van der Waals surface area contributed by atoms with Crippen LogP contribution in [0.5, 0.6) is 11.5 Å². The summed E-state index contributed by atoms with van der Waals surface area (Å²) in [5, 5.41) is 23.4. The van der Waals surface area contributed by atoms with E-state index >= 15 is 0 Å². The molecule has 0 aliphatic heterocycles. The average molecular weight is 343 g/mol. The highest BCUT2D eigenvalue weighted by Crippen LogP contribution is 2.45. The van der Waals surface area contributed by atoms with Crippen LogP contribution in [0.4, 0.5) is 4.39 Å². The molecular weight excluding hydrogens is 317 g/mol. The normalized spacial score (nSPS) is 18.0. The lowest BCUT2D eigenvalue weighted by atomic mass is 9.74. The molecule has 0 fully saturated rings. The molecule has 3 rings (SSSR count). The first kappa shape index (κ1) is 17.7. The topological polar surface area (TPSA) is 52.5 Å². The predicted octanol–water partition coefficient (Wildman–Crippen LogP) is 4.36. The number of hydrogen-bond donors (Lipinski definition) is 3. The van der Waals surface area contributed by atoms with E-state index < -0.39 is 0 Å². The molecule has 3 N–H and O–H groups in total. The zero-order valence-corrected chi connectivity index (χ0v) is 14.8. The van der Waals surface area contributed by atoms with Crippen molar-refractivity contribution in [2.45, 2.75) is 44.4 Å². The zero-order chi connectivity index (χ0) is 18.0. The molecular formula is C21H26FNO2. The van der Waals surface area contributed by atoms with E-state index in [2.05, 4.69) is 5.32 Å². The van der Waals surface area contributed by atoms with Gasteiger partial charge >= 0.3 is 0 Å². The summed E-state index contributed by atoms with van der Waals surface area (Å²) in [4.78, 5) is 0. The highest BCUT2D eigenvalue weighted by Gasteiger charge is 2.28. The predicted molar refractivity (Wildman–Crippen MR) is 97.9 cm³/mol. The lowest BCUT2D eigenvalue weighted by Crippen LogP contribution is -2.22. The average Bonchev–Trinajstić information content (AvgIpc) is 2.59. The Morgan fingerprint density at radius 2 is 2.08 bits per heavy atom. The number of halogens is 1. The minimum absolute atomic E-state index is 0.0289. The van der Waals surface area contributed by atoms with Gasteiger partial charge in [0.1, 0.15) is 5.82 Å². The molecule has 0 saturated heterocycles. The Balaban J connectivity index is 1.94. The van der Waals surface area contributed by atoms with E-state index in [0.29, 0.717) is 5.92 Å². The Kier molecular flexibility index (Phi) is 5.28. The van der Waals surface area contributed by atoms with Crippen LogP contribution in [0.15, 0.2) is 30.3 Å². The summed E-state index contributed by atoms with van der Waals surface area (Å²) in [6.45, 7) is 2.77. The van der Waals surface area contributed by atoms with Gasteiger partial charge < -0.3 is 15.5 Å². The summed E-state index contributed by atoms with van der Waals surface area (Å²) in [6.07, 6.45) is 3.73. The maximum atomic E-state index is 13.7. The van der Waals surface area contributed by atoms with Crippen LogP contribution in [0.3, 0.4) is 0 Å². The van der Waals surface area contributed by atoms with Gasteiger partial charge in [-0.2, -0.15) is 0 Å². The first-order valence-electron chi connectivity index (χ1n) is 8.95. The van der Waals surface area contributed by atoms with Crippen LogP contribution in [0.2, 0.25) is 0 Å². The van der Waals surface area contributed by atoms with Crippen LogP contribution in [0.25, 0.3) is 0 Å². The SMILES string of the molecule is CNCC(CC1CCCc2c(O)c(O)cc(C)c21)c1cccc(F)c1.